The summed E-state index contributed by atoms with van der Waals surface area (Å²) in [4.78, 5) is 17.4. The molecule has 10 heteroatoms. The van der Waals surface area contributed by atoms with Crippen LogP contribution in [0.15, 0.2) is 29.9 Å². The maximum absolute atomic E-state index is 12.4. The van der Waals surface area contributed by atoms with Crippen LogP contribution in [0.1, 0.15) is 23.2 Å². The number of nitrogens with zero attached hydrogens (tertiary/aromatic N) is 3. The maximum atomic E-state index is 12.4. The lowest BCUT2D eigenvalue weighted by atomic mass is 10.1. The molecule has 0 aromatic carbocycles. The first kappa shape index (κ1) is 18.6. The largest absolute Gasteiger partial charge is 0.474 e. The number of carbonyl (C=O) groups is 1. The van der Waals surface area contributed by atoms with Crippen LogP contribution in [0.2, 0.25) is 0 Å². The minimum atomic E-state index is -4.17. The molecule has 0 bridgehead atoms. The van der Waals surface area contributed by atoms with Gasteiger partial charge in [0.2, 0.25) is 5.88 Å². The molecule has 1 aliphatic rings. The topological polar surface area (TPSA) is 67.3 Å². The second-order valence-corrected chi connectivity index (χ2v) is 6.62. The number of ether oxygens (including phenoxy) is 1. The number of likely N-dealkylation sites (tertiary alicyclic amines) is 1. The summed E-state index contributed by atoms with van der Waals surface area (Å²) in [6.45, 7) is -0.202. The van der Waals surface area contributed by atoms with Gasteiger partial charge >= 0.3 is 6.18 Å². The third-order valence-corrected chi connectivity index (χ3v) is 4.50. The van der Waals surface area contributed by atoms with Crippen LogP contribution < -0.4 is 10.1 Å². The predicted molar refractivity (Wildman–Crippen MR) is 90.4 cm³/mol. The Hall–Kier alpha value is -2.20. The van der Waals surface area contributed by atoms with Gasteiger partial charge in [0.1, 0.15) is 6.10 Å². The van der Waals surface area contributed by atoms with E-state index in [1.807, 2.05) is 0 Å². The zero-order valence-corrected chi connectivity index (χ0v) is 14.5. The van der Waals surface area contributed by atoms with E-state index < -0.39 is 12.7 Å². The molecular formula is C16H17F3N4O2S. The molecule has 2 aromatic rings. The van der Waals surface area contributed by atoms with E-state index in [-0.39, 0.29) is 12.0 Å². The number of halogens is 3. The lowest BCUT2D eigenvalue weighted by Crippen LogP contribution is -2.42. The first-order chi connectivity index (χ1) is 12.4. The average molecular weight is 386 g/mol. The molecule has 0 aliphatic carbocycles. The molecule has 140 valence electrons. The predicted octanol–water partition coefficient (Wildman–Crippen LogP) is 3.20. The molecule has 1 amide bonds. The van der Waals surface area contributed by atoms with Crippen molar-refractivity contribution >= 4 is 23.1 Å². The van der Waals surface area contributed by atoms with Gasteiger partial charge in [-0.05, 0) is 30.4 Å². The van der Waals surface area contributed by atoms with Crippen molar-refractivity contribution in [1.82, 2.24) is 14.3 Å². The quantitative estimate of drug-likeness (QED) is 0.855. The molecule has 0 radical (unpaired) electrons. The lowest BCUT2D eigenvalue weighted by molar-refractivity contribution is -0.149. The Balaban J connectivity index is 1.47. The van der Waals surface area contributed by atoms with E-state index in [1.54, 1.807) is 17.5 Å². The molecule has 26 heavy (non-hydrogen) atoms. The van der Waals surface area contributed by atoms with Gasteiger partial charge in [0.25, 0.3) is 5.91 Å². The molecule has 1 aliphatic heterocycles. The molecular weight excluding hydrogens is 369 g/mol. The minimum absolute atomic E-state index is 0.163. The molecule has 3 rings (SSSR count). The number of rotatable bonds is 5. The highest BCUT2D eigenvalue weighted by Crippen LogP contribution is 2.22. The van der Waals surface area contributed by atoms with Crippen molar-refractivity contribution in [2.45, 2.75) is 25.1 Å². The van der Waals surface area contributed by atoms with Crippen molar-refractivity contribution in [2.24, 2.45) is 0 Å². The third-order valence-electron chi connectivity index (χ3n) is 3.91. The van der Waals surface area contributed by atoms with Gasteiger partial charge in [-0.2, -0.15) is 13.2 Å². The molecule has 0 saturated carbocycles. The van der Waals surface area contributed by atoms with Gasteiger partial charge in [-0.15, -0.1) is 0 Å². The number of hydrogen-bond donors (Lipinski definition) is 1. The van der Waals surface area contributed by atoms with E-state index in [4.69, 9.17) is 4.74 Å². The molecule has 2 aromatic heterocycles. The van der Waals surface area contributed by atoms with Crippen LogP contribution in [0.4, 0.5) is 18.9 Å². The highest BCUT2D eigenvalue weighted by Gasteiger charge is 2.32. The Bertz CT molecular complexity index is 714. The molecule has 3 heterocycles. The van der Waals surface area contributed by atoms with Gasteiger partial charge in [-0.3, -0.25) is 9.69 Å². The smallest absolute Gasteiger partial charge is 0.401 e. The van der Waals surface area contributed by atoms with Crippen LogP contribution in [0, 0.1) is 0 Å². The van der Waals surface area contributed by atoms with Crippen LogP contribution in [-0.4, -0.2) is 52.1 Å². The van der Waals surface area contributed by atoms with Crippen LogP contribution in [-0.2, 0) is 0 Å². The summed E-state index contributed by atoms with van der Waals surface area (Å²) in [5.74, 6) is 0.112. The monoisotopic (exact) mass is 386 g/mol. The first-order valence-electron chi connectivity index (χ1n) is 8.01. The van der Waals surface area contributed by atoms with Crippen molar-refractivity contribution in [2.75, 3.05) is 25.0 Å². The number of piperidine rings is 1. The summed E-state index contributed by atoms with van der Waals surface area (Å²) in [6.07, 6.45) is -0.344. The summed E-state index contributed by atoms with van der Waals surface area (Å²) >= 11 is 1.19. The zero-order chi connectivity index (χ0) is 18.6. The molecule has 6 nitrogen and oxygen atoms in total. The standard InChI is InChI=1S/C16H17F3N4O2S/c17-16(18,19)10-23-5-3-13(4-6-23)25-14-2-1-12(8-20-14)22-15(24)11-7-21-26-9-11/h1-2,7-9,13H,3-6,10H2,(H,22,24). The number of carbonyl (C=O) groups excluding carboxylic acids is 1. The molecule has 0 unspecified atom stereocenters. The Kier molecular flexibility index (Phi) is 5.72. The van der Waals surface area contributed by atoms with Crippen molar-refractivity contribution < 1.29 is 22.7 Å². The minimum Gasteiger partial charge on any atom is -0.474 e. The van der Waals surface area contributed by atoms with Crippen LogP contribution >= 0.6 is 11.5 Å². The third kappa shape index (κ3) is 5.40. The Morgan fingerprint density at radius 2 is 2.08 bits per heavy atom. The average Bonchev–Trinajstić information content (AvgIpc) is 3.12. The second kappa shape index (κ2) is 8.00. The maximum Gasteiger partial charge on any atom is 0.401 e. The van der Waals surface area contributed by atoms with E-state index in [2.05, 4.69) is 14.7 Å². The number of aromatic nitrogens is 2. The van der Waals surface area contributed by atoms with Gasteiger partial charge in [0.05, 0.1) is 30.2 Å². The summed E-state index contributed by atoms with van der Waals surface area (Å²) in [7, 11) is 0. The zero-order valence-electron chi connectivity index (χ0n) is 13.7. The second-order valence-electron chi connectivity index (χ2n) is 5.96. The van der Waals surface area contributed by atoms with Gasteiger partial charge in [0, 0.05) is 24.5 Å². The van der Waals surface area contributed by atoms with Gasteiger partial charge in [0.15, 0.2) is 0 Å². The molecule has 0 spiro atoms. The fourth-order valence-electron chi connectivity index (χ4n) is 2.65. The number of alkyl halides is 3. The van der Waals surface area contributed by atoms with E-state index in [1.165, 1.54) is 28.8 Å². The molecule has 1 saturated heterocycles. The summed E-state index contributed by atoms with van der Waals surface area (Å²) in [6, 6.07) is 3.29. The van der Waals surface area contributed by atoms with Crippen molar-refractivity contribution in [1.29, 1.82) is 0 Å². The molecule has 1 fully saturated rings. The Morgan fingerprint density at radius 1 is 1.31 bits per heavy atom. The summed E-state index contributed by atoms with van der Waals surface area (Å²) in [5, 5.41) is 4.34. The Morgan fingerprint density at radius 3 is 2.65 bits per heavy atom. The van der Waals surface area contributed by atoms with Crippen LogP contribution in [0.3, 0.4) is 0 Å². The van der Waals surface area contributed by atoms with Gasteiger partial charge in [-0.1, -0.05) is 0 Å². The van der Waals surface area contributed by atoms with E-state index in [0.717, 1.165) is 0 Å². The summed E-state index contributed by atoms with van der Waals surface area (Å²) < 4.78 is 46.8. The fraction of sp³-hybridized carbons (Fsp3) is 0.438. The first-order valence-corrected chi connectivity index (χ1v) is 8.85. The Labute approximate surface area is 152 Å². The van der Waals surface area contributed by atoms with Gasteiger partial charge in [-0.25, -0.2) is 9.36 Å². The van der Waals surface area contributed by atoms with E-state index in [9.17, 15) is 18.0 Å². The van der Waals surface area contributed by atoms with Gasteiger partial charge < -0.3 is 10.1 Å². The highest BCUT2D eigenvalue weighted by atomic mass is 32.1. The van der Waals surface area contributed by atoms with E-state index in [0.29, 0.717) is 43.1 Å². The number of hydrogen-bond acceptors (Lipinski definition) is 6. The normalized spacial score (nSPS) is 16.4. The number of anilines is 1. The summed E-state index contributed by atoms with van der Waals surface area (Å²) in [5.41, 5.74) is 0.995. The highest BCUT2D eigenvalue weighted by molar-refractivity contribution is 7.03. The van der Waals surface area contributed by atoms with E-state index >= 15 is 0 Å². The lowest BCUT2D eigenvalue weighted by Gasteiger charge is -2.32. The number of amides is 1. The SMILES string of the molecule is O=C(Nc1ccc(OC2CCN(CC(F)(F)F)CC2)nc1)c1cnsc1. The molecule has 1 N–H and O–H groups in total. The number of nitrogens with one attached hydrogen (secondary N) is 1. The molecule has 0 atom stereocenters. The van der Waals surface area contributed by atoms with Crippen molar-refractivity contribution in [3.63, 3.8) is 0 Å². The fourth-order valence-corrected chi connectivity index (χ4v) is 3.17. The van der Waals surface area contributed by atoms with Crippen LogP contribution in [0.25, 0.3) is 0 Å². The van der Waals surface area contributed by atoms with Crippen molar-refractivity contribution in [3.05, 3.63) is 35.5 Å². The van der Waals surface area contributed by atoms with Crippen LogP contribution in [0.5, 0.6) is 5.88 Å². The van der Waals surface area contributed by atoms with Crippen molar-refractivity contribution in [3.8, 4) is 5.88 Å². The number of pyridine rings is 1.